The predicted octanol–water partition coefficient (Wildman–Crippen LogP) is 2.21. The van der Waals surface area contributed by atoms with E-state index in [4.69, 9.17) is 4.74 Å². The summed E-state index contributed by atoms with van der Waals surface area (Å²) in [6.45, 7) is -2.87. The molecule has 1 aromatic carbocycles. The number of alkyl halides is 2. The molecule has 1 heterocycles. The molecule has 0 aromatic heterocycles. The summed E-state index contributed by atoms with van der Waals surface area (Å²) in [4.78, 5) is 11.6. The molecule has 2 atom stereocenters. The number of ether oxygens (including phenoxy) is 2. The van der Waals surface area contributed by atoms with E-state index in [2.05, 4.69) is 10.1 Å². The minimum atomic E-state index is -2.87. The van der Waals surface area contributed by atoms with E-state index in [-0.39, 0.29) is 17.8 Å². The topological polar surface area (TPSA) is 47.6 Å². The zero-order chi connectivity index (χ0) is 14.5. The zero-order valence-corrected chi connectivity index (χ0v) is 11.7. The Labute approximate surface area is 119 Å². The molecule has 110 valence electrons. The van der Waals surface area contributed by atoms with Gasteiger partial charge in [-0.3, -0.25) is 10.1 Å². The van der Waals surface area contributed by atoms with E-state index in [1.165, 1.54) is 13.2 Å². The Kier molecular flexibility index (Phi) is 5.19. The lowest BCUT2D eigenvalue weighted by Crippen LogP contribution is -2.46. The number of thioether (sulfide) groups is 1. The van der Waals surface area contributed by atoms with Crippen molar-refractivity contribution < 1.29 is 23.0 Å². The molecule has 2 unspecified atom stereocenters. The second kappa shape index (κ2) is 6.90. The van der Waals surface area contributed by atoms with Crippen molar-refractivity contribution in [1.29, 1.82) is 0 Å². The molecule has 1 aromatic rings. The fraction of sp³-hybridized carbons (Fsp3) is 0.462. The Hall–Kier alpha value is -1.34. The van der Waals surface area contributed by atoms with Gasteiger partial charge < -0.3 is 9.47 Å². The summed E-state index contributed by atoms with van der Waals surface area (Å²) < 4.78 is 34.0. The largest absolute Gasteiger partial charge is 0.468 e. The van der Waals surface area contributed by atoms with Crippen molar-refractivity contribution in [3.63, 3.8) is 0 Å². The summed E-state index contributed by atoms with van der Waals surface area (Å²) in [6, 6.07) is 5.93. The molecule has 1 N–H and O–H groups in total. The zero-order valence-electron chi connectivity index (χ0n) is 10.8. The first-order valence-electron chi connectivity index (χ1n) is 6.07. The van der Waals surface area contributed by atoms with Crippen LogP contribution in [0.2, 0.25) is 0 Å². The molecule has 0 aliphatic carbocycles. The number of rotatable bonds is 4. The fourth-order valence-corrected chi connectivity index (χ4v) is 3.19. The Bertz CT molecular complexity index is 473. The van der Waals surface area contributed by atoms with E-state index >= 15 is 0 Å². The first-order chi connectivity index (χ1) is 9.61. The monoisotopic (exact) mass is 303 g/mol. The third-order valence-electron chi connectivity index (χ3n) is 2.97. The van der Waals surface area contributed by atoms with E-state index in [0.717, 1.165) is 0 Å². The molecule has 0 bridgehead atoms. The standard InChI is InChI=1S/C13H15F2NO3S/c1-18-12(17)10-7-20-6-9(16-10)8-4-2-3-5-11(8)19-13(14)15/h2-5,9-10,13,16H,6-7H2,1H3. The van der Waals surface area contributed by atoms with Crippen molar-refractivity contribution in [2.45, 2.75) is 18.7 Å². The first-order valence-corrected chi connectivity index (χ1v) is 7.22. The molecule has 0 amide bonds. The minimum Gasteiger partial charge on any atom is -0.468 e. The van der Waals surface area contributed by atoms with Gasteiger partial charge in [0.15, 0.2) is 0 Å². The number of carbonyl (C=O) groups excluding carboxylic acids is 1. The molecule has 0 saturated carbocycles. The lowest BCUT2D eigenvalue weighted by atomic mass is 10.1. The van der Waals surface area contributed by atoms with Crippen molar-refractivity contribution in [3.8, 4) is 5.75 Å². The highest BCUT2D eigenvalue weighted by molar-refractivity contribution is 7.99. The van der Waals surface area contributed by atoms with Crippen molar-refractivity contribution in [3.05, 3.63) is 29.8 Å². The highest BCUT2D eigenvalue weighted by Crippen LogP contribution is 2.31. The number of carbonyl (C=O) groups is 1. The van der Waals surface area contributed by atoms with Crippen LogP contribution in [0.5, 0.6) is 5.75 Å². The summed E-state index contributed by atoms with van der Waals surface area (Å²) in [5.41, 5.74) is 0.619. The molecule has 2 rings (SSSR count). The van der Waals surface area contributed by atoms with Gasteiger partial charge in [0.25, 0.3) is 0 Å². The van der Waals surface area contributed by atoms with Crippen LogP contribution < -0.4 is 10.1 Å². The van der Waals surface area contributed by atoms with Gasteiger partial charge in [0, 0.05) is 23.1 Å². The van der Waals surface area contributed by atoms with E-state index < -0.39 is 12.7 Å². The number of hydrogen-bond donors (Lipinski definition) is 1. The molecule has 4 nitrogen and oxygen atoms in total. The van der Waals surface area contributed by atoms with Gasteiger partial charge >= 0.3 is 12.6 Å². The van der Waals surface area contributed by atoms with E-state index in [1.807, 2.05) is 0 Å². The molecule has 1 aliphatic heterocycles. The average Bonchev–Trinajstić information content (AvgIpc) is 2.46. The van der Waals surface area contributed by atoms with E-state index in [9.17, 15) is 13.6 Å². The molecule has 7 heteroatoms. The summed E-state index contributed by atoms with van der Waals surface area (Å²) in [6.07, 6.45) is 0. The Morgan fingerprint density at radius 2 is 2.15 bits per heavy atom. The van der Waals surface area contributed by atoms with Gasteiger partial charge in [-0.25, -0.2) is 0 Å². The lowest BCUT2D eigenvalue weighted by molar-refractivity contribution is -0.142. The number of esters is 1. The van der Waals surface area contributed by atoms with Crippen molar-refractivity contribution in [2.75, 3.05) is 18.6 Å². The lowest BCUT2D eigenvalue weighted by Gasteiger charge is -2.30. The van der Waals surface area contributed by atoms with Gasteiger partial charge in [-0.15, -0.1) is 0 Å². The predicted molar refractivity (Wildman–Crippen MR) is 72.1 cm³/mol. The van der Waals surface area contributed by atoms with E-state index in [0.29, 0.717) is 17.1 Å². The van der Waals surface area contributed by atoms with Crippen molar-refractivity contribution in [1.82, 2.24) is 5.32 Å². The van der Waals surface area contributed by atoms with Crippen LogP contribution in [0.1, 0.15) is 11.6 Å². The number of para-hydroxylation sites is 1. The van der Waals surface area contributed by atoms with Gasteiger partial charge in [0.1, 0.15) is 11.8 Å². The van der Waals surface area contributed by atoms with Gasteiger partial charge in [-0.1, -0.05) is 18.2 Å². The first kappa shape index (κ1) is 15.1. The average molecular weight is 303 g/mol. The Morgan fingerprint density at radius 1 is 1.40 bits per heavy atom. The third-order valence-corrected chi connectivity index (χ3v) is 4.11. The van der Waals surface area contributed by atoms with Gasteiger partial charge in [0.05, 0.1) is 7.11 Å². The fourth-order valence-electron chi connectivity index (χ4n) is 2.07. The van der Waals surface area contributed by atoms with Crippen LogP contribution in [0.4, 0.5) is 8.78 Å². The Morgan fingerprint density at radius 3 is 2.85 bits per heavy atom. The summed E-state index contributed by atoms with van der Waals surface area (Å²) in [7, 11) is 1.33. The molecule has 0 radical (unpaired) electrons. The molecule has 1 fully saturated rings. The molecule has 20 heavy (non-hydrogen) atoms. The molecular formula is C13H15F2NO3S. The quantitative estimate of drug-likeness (QED) is 0.864. The molecular weight excluding hydrogens is 288 g/mol. The Balaban J connectivity index is 2.16. The van der Waals surface area contributed by atoms with Gasteiger partial charge in [-0.05, 0) is 6.07 Å². The molecule has 1 saturated heterocycles. The SMILES string of the molecule is COC(=O)C1CSCC(c2ccccc2OC(F)F)N1. The second-order valence-electron chi connectivity index (χ2n) is 4.25. The van der Waals surface area contributed by atoms with Crippen LogP contribution in [-0.4, -0.2) is 37.2 Å². The maximum Gasteiger partial charge on any atom is 0.387 e. The maximum absolute atomic E-state index is 12.4. The van der Waals surface area contributed by atoms with Crippen LogP contribution in [0.3, 0.4) is 0 Å². The second-order valence-corrected chi connectivity index (χ2v) is 5.32. The molecule has 1 aliphatic rings. The van der Waals surface area contributed by atoms with Crippen LogP contribution >= 0.6 is 11.8 Å². The number of nitrogens with one attached hydrogen (secondary N) is 1. The van der Waals surface area contributed by atoms with Crippen LogP contribution in [-0.2, 0) is 9.53 Å². The highest BCUT2D eigenvalue weighted by atomic mass is 32.2. The number of benzene rings is 1. The maximum atomic E-state index is 12.4. The van der Waals surface area contributed by atoms with E-state index in [1.54, 1.807) is 30.0 Å². The summed E-state index contributed by atoms with van der Waals surface area (Å²) in [5.74, 6) is 1.05. The van der Waals surface area contributed by atoms with Crippen LogP contribution in [0, 0.1) is 0 Å². The minimum absolute atomic E-state index is 0.131. The van der Waals surface area contributed by atoms with Crippen LogP contribution in [0.25, 0.3) is 0 Å². The smallest absolute Gasteiger partial charge is 0.387 e. The summed E-state index contributed by atoms with van der Waals surface area (Å²) in [5, 5.41) is 3.11. The number of halogens is 2. The summed E-state index contributed by atoms with van der Waals surface area (Å²) >= 11 is 1.57. The van der Waals surface area contributed by atoms with Crippen molar-refractivity contribution in [2.24, 2.45) is 0 Å². The number of methoxy groups -OCH3 is 1. The van der Waals surface area contributed by atoms with Crippen molar-refractivity contribution >= 4 is 17.7 Å². The molecule has 0 spiro atoms. The normalized spacial score (nSPS) is 22.6. The van der Waals surface area contributed by atoms with Gasteiger partial charge in [-0.2, -0.15) is 20.5 Å². The van der Waals surface area contributed by atoms with Crippen LogP contribution in [0.15, 0.2) is 24.3 Å². The van der Waals surface area contributed by atoms with Gasteiger partial charge in [0.2, 0.25) is 0 Å². The number of hydrogen-bond acceptors (Lipinski definition) is 5. The highest BCUT2D eigenvalue weighted by Gasteiger charge is 2.30. The third kappa shape index (κ3) is 3.61.